The largest absolute Gasteiger partial charge is 0.444 e. The molecular formula is C19H37NO4Si. The van der Waals surface area contributed by atoms with Crippen LogP contribution in [-0.4, -0.2) is 38.9 Å². The Kier molecular flexibility index (Phi) is 9.65. The molecule has 1 amide bonds. The van der Waals surface area contributed by atoms with Crippen molar-refractivity contribution in [3.63, 3.8) is 0 Å². The summed E-state index contributed by atoms with van der Waals surface area (Å²) in [7, 11) is -1.88. The second-order valence-electron chi connectivity index (χ2n) is 8.87. The molecule has 0 aromatic rings. The summed E-state index contributed by atoms with van der Waals surface area (Å²) in [6.45, 7) is 17.2. The monoisotopic (exact) mass is 371 g/mol. The molecule has 0 aliphatic rings. The molecule has 1 N–H and O–H groups in total. The lowest BCUT2D eigenvalue weighted by Crippen LogP contribution is -2.44. The first-order valence-electron chi connectivity index (χ1n) is 9.03. The number of alkyl carbamates (subject to hydrolysis) is 1. The quantitative estimate of drug-likeness (QED) is 0.273. The second kappa shape index (κ2) is 10.1. The zero-order chi connectivity index (χ0) is 19.7. The van der Waals surface area contributed by atoms with Gasteiger partial charge in [0.15, 0.2) is 8.32 Å². The number of hydrogen-bond donors (Lipinski definition) is 1. The van der Waals surface area contributed by atoms with Gasteiger partial charge in [-0.05, 0) is 64.2 Å². The molecule has 0 aromatic heterocycles. The van der Waals surface area contributed by atoms with Crippen LogP contribution in [0.15, 0.2) is 12.2 Å². The van der Waals surface area contributed by atoms with Gasteiger partial charge in [0, 0.05) is 12.6 Å². The van der Waals surface area contributed by atoms with Crippen molar-refractivity contribution >= 4 is 20.7 Å². The fraction of sp³-hybridized carbons (Fsp3) is 0.789. The Bertz CT molecular complexity index is 447. The molecule has 5 nitrogen and oxygen atoms in total. The fourth-order valence-corrected chi connectivity index (χ4v) is 3.34. The van der Waals surface area contributed by atoms with E-state index in [-0.39, 0.29) is 11.1 Å². The van der Waals surface area contributed by atoms with Crippen LogP contribution in [0.1, 0.15) is 60.8 Å². The normalized spacial score (nSPS) is 14.4. The van der Waals surface area contributed by atoms with Gasteiger partial charge >= 0.3 is 6.09 Å². The third kappa shape index (κ3) is 11.2. The topological polar surface area (TPSA) is 64.6 Å². The highest BCUT2D eigenvalue weighted by molar-refractivity contribution is 6.74. The number of allylic oxidation sites excluding steroid dienone is 1. The summed E-state index contributed by atoms with van der Waals surface area (Å²) in [6.07, 6.45) is 6.14. The van der Waals surface area contributed by atoms with E-state index in [0.717, 1.165) is 19.1 Å². The second-order valence-corrected chi connectivity index (χ2v) is 13.6. The molecule has 0 radical (unpaired) electrons. The zero-order valence-electron chi connectivity index (χ0n) is 17.3. The van der Waals surface area contributed by atoms with Crippen molar-refractivity contribution in [1.82, 2.24) is 5.32 Å². The molecule has 25 heavy (non-hydrogen) atoms. The Labute approximate surface area is 154 Å². The van der Waals surface area contributed by atoms with Gasteiger partial charge in [0.2, 0.25) is 0 Å². The van der Waals surface area contributed by atoms with Crippen LogP contribution in [0.25, 0.3) is 0 Å². The van der Waals surface area contributed by atoms with E-state index in [4.69, 9.17) is 9.16 Å². The maximum atomic E-state index is 11.7. The minimum absolute atomic E-state index is 0.0533. The van der Waals surface area contributed by atoms with Gasteiger partial charge in [-0.1, -0.05) is 26.8 Å². The average molecular weight is 372 g/mol. The first-order valence-corrected chi connectivity index (χ1v) is 11.9. The van der Waals surface area contributed by atoms with Crippen LogP contribution in [0.5, 0.6) is 0 Å². The summed E-state index contributed by atoms with van der Waals surface area (Å²) in [5, 5.41) is 2.91. The van der Waals surface area contributed by atoms with Crippen molar-refractivity contribution < 1.29 is 18.8 Å². The van der Waals surface area contributed by atoms with E-state index in [0.29, 0.717) is 13.0 Å². The van der Waals surface area contributed by atoms with Crippen LogP contribution in [0.2, 0.25) is 18.1 Å². The van der Waals surface area contributed by atoms with Crippen LogP contribution in [0.4, 0.5) is 4.79 Å². The highest BCUT2D eigenvalue weighted by atomic mass is 28.4. The molecule has 0 heterocycles. The van der Waals surface area contributed by atoms with Gasteiger partial charge in [-0.15, -0.1) is 0 Å². The molecular weight excluding hydrogens is 334 g/mol. The highest BCUT2D eigenvalue weighted by Crippen LogP contribution is 2.38. The van der Waals surface area contributed by atoms with Crippen LogP contribution in [-0.2, 0) is 14.0 Å². The summed E-state index contributed by atoms with van der Waals surface area (Å²) in [4.78, 5) is 22.2. The Balaban J connectivity index is 4.53. The third-order valence-electron chi connectivity index (χ3n) is 4.25. The third-order valence-corrected chi connectivity index (χ3v) is 8.79. The number of rotatable bonds is 9. The Morgan fingerprint density at radius 3 is 2.24 bits per heavy atom. The van der Waals surface area contributed by atoms with E-state index in [1.165, 1.54) is 6.08 Å². The van der Waals surface area contributed by atoms with E-state index in [1.54, 1.807) is 0 Å². The van der Waals surface area contributed by atoms with Crippen LogP contribution < -0.4 is 5.32 Å². The SMILES string of the molecule is CC(C)(C)OC(=O)NCCC[C@H](C/C=C/C=O)O[Si](C)(C)C(C)(C)C. The molecule has 0 bridgehead atoms. The van der Waals surface area contributed by atoms with Crippen LogP contribution in [0.3, 0.4) is 0 Å². The van der Waals surface area contributed by atoms with E-state index in [9.17, 15) is 9.59 Å². The number of hydrogen-bond acceptors (Lipinski definition) is 4. The molecule has 6 heteroatoms. The standard InChI is InChI=1S/C19H37NO4Si/c1-18(2,3)23-17(22)20-14-11-13-16(12-9-10-15-21)24-25(7,8)19(4,5)6/h9-10,15-16H,11-14H2,1-8H3,(H,20,22)/b10-9+/t16-/m0/s1. The molecule has 0 aromatic carbocycles. The van der Waals surface area contributed by atoms with Crippen molar-refractivity contribution in [2.75, 3.05) is 6.54 Å². The molecule has 0 saturated carbocycles. The molecule has 0 aliphatic heterocycles. The minimum atomic E-state index is -1.88. The van der Waals surface area contributed by atoms with Gasteiger partial charge in [0.1, 0.15) is 11.9 Å². The summed E-state index contributed by atoms with van der Waals surface area (Å²) < 4.78 is 11.7. The molecule has 0 saturated heterocycles. The average Bonchev–Trinajstić information content (AvgIpc) is 2.40. The lowest BCUT2D eigenvalue weighted by Gasteiger charge is -2.39. The van der Waals surface area contributed by atoms with Crippen molar-refractivity contribution in [2.45, 2.75) is 90.6 Å². The Morgan fingerprint density at radius 1 is 1.16 bits per heavy atom. The van der Waals surface area contributed by atoms with Gasteiger partial charge < -0.3 is 14.5 Å². The van der Waals surface area contributed by atoms with Crippen molar-refractivity contribution in [3.8, 4) is 0 Å². The number of ether oxygens (including phenoxy) is 1. The Hall–Kier alpha value is -1.14. The van der Waals surface area contributed by atoms with Crippen molar-refractivity contribution in [3.05, 3.63) is 12.2 Å². The van der Waals surface area contributed by atoms with Crippen LogP contribution >= 0.6 is 0 Å². The van der Waals surface area contributed by atoms with Crippen molar-refractivity contribution in [2.24, 2.45) is 0 Å². The predicted octanol–water partition coefficient (Wildman–Crippen LogP) is 4.83. The maximum absolute atomic E-state index is 11.7. The zero-order valence-corrected chi connectivity index (χ0v) is 18.3. The molecule has 0 spiro atoms. The summed E-state index contributed by atoms with van der Waals surface area (Å²) in [5.41, 5.74) is -0.488. The van der Waals surface area contributed by atoms with E-state index in [2.05, 4.69) is 39.2 Å². The highest BCUT2D eigenvalue weighted by Gasteiger charge is 2.38. The van der Waals surface area contributed by atoms with Gasteiger partial charge in [-0.25, -0.2) is 4.79 Å². The number of amides is 1. The van der Waals surface area contributed by atoms with E-state index in [1.807, 2.05) is 26.8 Å². The minimum Gasteiger partial charge on any atom is -0.444 e. The van der Waals surface area contributed by atoms with E-state index >= 15 is 0 Å². The maximum Gasteiger partial charge on any atom is 0.407 e. The first kappa shape index (κ1) is 23.9. The summed E-state index contributed by atoms with van der Waals surface area (Å²) in [5.74, 6) is 0. The molecule has 1 atom stereocenters. The first-order chi connectivity index (χ1) is 11.3. The van der Waals surface area contributed by atoms with Crippen LogP contribution in [0, 0.1) is 0 Å². The lowest BCUT2D eigenvalue weighted by atomic mass is 10.1. The number of carbonyl (C=O) groups is 2. The molecule has 0 aliphatic carbocycles. The number of aldehydes is 1. The van der Waals surface area contributed by atoms with Crippen molar-refractivity contribution in [1.29, 1.82) is 0 Å². The van der Waals surface area contributed by atoms with Gasteiger partial charge in [-0.2, -0.15) is 0 Å². The van der Waals surface area contributed by atoms with Gasteiger partial charge in [0.05, 0.1) is 0 Å². The molecule has 146 valence electrons. The lowest BCUT2D eigenvalue weighted by molar-refractivity contribution is -0.104. The smallest absolute Gasteiger partial charge is 0.407 e. The number of nitrogens with one attached hydrogen (secondary N) is 1. The molecule has 0 unspecified atom stereocenters. The molecule has 0 fully saturated rings. The predicted molar refractivity (Wildman–Crippen MR) is 105 cm³/mol. The fourth-order valence-electron chi connectivity index (χ4n) is 1.94. The van der Waals surface area contributed by atoms with E-state index < -0.39 is 20.0 Å². The Morgan fingerprint density at radius 2 is 1.76 bits per heavy atom. The summed E-state index contributed by atoms with van der Waals surface area (Å²) in [6, 6.07) is 0. The van der Waals surface area contributed by atoms with Gasteiger partial charge in [-0.3, -0.25) is 4.79 Å². The summed E-state index contributed by atoms with van der Waals surface area (Å²) >= 11 is 0. The molecule has 0 rings (SSSR count). The van der Waals surface area contributed by atoms with Gasteiger partial charge in [0.25, 0.3) is 0 Å². The number of carbonyl (C=O) groups excluding carboxylic acids is 2.